The van der Waals surface area contributed by atoms with Gasteiger partial charge in [0, 0.05) is 12.1 Å². The summed E-state index contributed by atoms with van der Waals surface area (Å²) in [4.78, 5) is 0. The average Bonchev–Trinajstić information content (AvgIpc) is 2.78. The first-order valence-electron chi connectivity index (χ1n) is 5.06. The van der Waals surface area contributed by atoms with Gasteiger partial charge in [-0.05, 0) is 44.6 Å². The van der Waals surface area contributed by atoms with E-state index < -0.39 is 0 Å². The monoisotopic (exact) mass is 297 g/mol. The molecular formula is C10H12BrN5O. The number of hydrogen-bond acceptors (Lipinski definition) is 5. The Balaban J connectivity index is 2.39. The van der Waals surface area contributed by atoms with E-state index in [1.54, 1.807) is 11.8 Å². The number of ether oxygens (including phenoxy) is 1. The van der Waals surface area contributed by atoms with E-state index in [-0.39, 0.29) is 0 Å². The van der Waals surface area contributed by atoms with Crippen molar-refractivity contribution in [3.05, 3.63) is 22.7 Å². The van der Waals surface area contributed by atoms with Gasteiger partial charge >= 0.3 is 0 Å². The van der Waals surface area contributed by atoms with E-state index in [9.17, 15) is 0 Å². The first-order valence-corrected chi connectivity index (χ1v) is 5.85. The molecule has 1 heterocycles. The van der Waals surface area contributed by atoms with Crippen LogP contribution in [0.4, 0.5) is 0 Å². The average molecular weight is 298 g/mol. The highest BCUT2D eigenvalue weighted by Gasteiger charge is 2.10. The number of methoxy groups -OCH3 is 1. The second-order valence-electron chi connectivity index (χ2n) is 3.36. The Morgan fingerprint density at radius 2 is 2.29 bits per heavy atom. The summed E-state index contributed by atoms with van der Waals surface area (Å²) in [5, 5.41) is 11.5. The van der Waals surface area contributed by atoms with Gasteiger partial charge in [-0.3, -0.25) is 0 Å². The molecule has 2 aromatic rings. The van der Waals surface area contributed by atoms with E-state index in [4.69, 9.17) is 10.5 Å². The predicted molar refractivity (Wildman–Crippen MR) is 66.6 cm³/mol. The Morgan fingerprint density at radius 3 is 2.94 bits per heavy atom. The van der Waals surface area contributed by atoms with Gasteiger partial charge in [0.2, 0.25) is 0 Å². The lowest BCUT2D eigenvalue weighted by Gasteiger charge is -2.06. The molecule has 0 aliphatic rings. The van der Waals surface area contributed by atoms with Crippen molar-refractivity contribution in [3.63, 3.8) is 0 Å². The molecule has 7 heteroatoms. The zero-order valence-corrected chi connectivity index (χ0v) is 10.9. The third kappa shape index (κ3) is 2.45. The predicted octanol–water partition coefficient (Wildman–Crippen LogP) is 1.07. The highest BCUT2D eigenvalue weighted by Crippen LogP contribution is 2.29. The molecule has 0 saturated carbocycles. The first kappa shape index (κ1) is 12.0. The quantitative estimate of drug-likeness (QED) is 0.913. The van der Waals surface area contributed by atoms with Crippen LogP contribution in [0.25, 0.3) is 11.4 Å². The number of rotatable bonds is 4. The Labute approximate surface area is 107 Å². The van der Waals surface area contributed by atoms with Crippen LogP contribution in [0.1, 0.15) is 0 Å². The summed E-state index contributed by atoms with van der Waals surface area (Å²) in [5.74, 6) is 1.46. The van der Waals surface area contributed by atoms with Crippen LogP contribution >= 0.6 is 15.9 Å². The summed E-state index contributed by atoms with van der Waals surface area (Å²) >= 11 is 3.43. The molecule has 1 aromatic heterocycles. The molecule has 2 rings (SSSR count). The van der Waals surface area contributed by atoms with Crippen molar-refractivity contribution >= 4 is 15.9 Å². The normalized spacial score (nSPS) is 10.5. The minimum atomic E-state index is 0.495. The topological polar surface area (TPSA) is 78.9 Å². The van der Waals surface area contributed by atoms with Crippen LogP contribution in [-0.2, 0) is 6.54 Å². The van der Waals surface area contributed by atoms with Gasteiger partial charge in [0.15, 0.2) is 5.82 Å². The molecule has 0 amide bonds. The van der Waals surface area contributed by atoms with Gasteiger partial charge in [-0.25, -0.2) is 4.68 Å². The number of hydrogen-bond donors (Lipinski definition) is 1. The maximum atomic E-state index is 5.50. The lowest BCUT2D eigenvalue weighted by Crippen LogP contribution is -2.12. The molecule has 0 unspecified atom stereocenters. The molecule has 0 bridgehead atoms. The van der Waals surface area contributed by atoms with Gasteiger partial charge in [0.25, 0.3) is 0 Å². The van der Waals surface area contributed by atoms with Crippen LogP contribution in [0.2, 0.25) is 0 Å². The van der Waals surface area contributed by atoms with Crippen molar-refractivity contribution in [2.45, 2.75) is 6.54 Å². The van der Waals surface area contributed by atoms with Crippen LogP contribution in [0.15, 0.2) is 22.7 Å². The van der Waals surface area contributed by atoms with Crippen LogP contribution < -0.4 is 10.5 Å². The molecule has 0 saturated heterocycles. The molecule has 0 fully saturated rings. The molecule has 0 spiro atoms. The van der Waals surface area contributed by atoms with Crippen molar-refractivity contribution in [3.8, 4) is 17.1 Å². The standard InChI is InChI=1S/C10H12BrN5O/c1-17-9-3-2-7(6-8(9)11)10-13-14-15-16(10)5-4-12/h2-3,6H,4-5,12H2,1H3. The zero-order chi connectivity index (χ0) is 12.3. The molecule has 0 aliphatic heterocycles. The van der Waals surface area contributed by atoms with Crippen LogP contribution in [-0.4, -0.2) is 33.9 Å². The van der Waals surface area contributed by atoms with Crippen molar-refractivity contribution in [1.29, 1.82) is 0 Å². The van der Waals surface area contributed by atoms with Gasteiger partial charge in [0.05, 0.1) is 18.1 Å². The number of tetrazole rings is 1. The lowest BCUT2D eigenvalue weighted by molar-refractivity contribution is 0.412. The smallest absolute Gasteiger partial charge is 0.182 e. The van der Waals surface area contributed by atoms with Crippen molar-refractivity contribution < 1.29 is 4.74 Å². The van der Waals surface area contributed by atoms with Gasteiger partial charge in [-0.2, -0.15) is 0 Å². The lowest BCUT2D eigenvalue weighted by atomic mass is 10.2. The van der Waals surface area contributed by atoms with Crippen molar-refractivity contribution in [2.24, 2.45) is 5.73 Å². The summed E-state index contributed by atoms with van der Waals surface area (Å²) in [6, 6.07) is 5.68. The number of nitrogens with zero attached hydrogens (tertiary/aromatic N) is 4. The number of halogens is 1. The summed E-state index contributed by atoms with van der Waals surface area (Å²) < 4.78 is 7.71. The molecule has 1 aromatic carbocycles. The highest BCUT2D eigenvalue weighted by molar-refractivity contribution is 9.10. The van der Waals surface area contributed by atoms with E-state index in [1.807, 2.05) is 18.2 Å². The Morgan fingerprint density at radius 1 is 1.47 bits per heavy atom. The molecule has 0 aliphatic carbocycles. The number of benzene rings is 1. The molecule has 0 radical (unpaired) electrons. The fourth-order valence-corrected chi connectivity index (χ4v) is 2.03. The van der Waals surface area contributed by atoms with Gasteiger partial charge < -0.3 is 10.5 Å². The van der Waals surface area contributed by atoms with E-state index in [0.29, 0.717) is 18.9 Å². The molecule has 2 N–H and O–H groups in total. The molecule has 90 valence electrons. The van der Waals surface area contributed by atoms with Crippen molar-refractivity contribution in [1.82, 2.24) is 20.2 Å². The van der Waals surface area contributed by atoms with Gasteiger partial charge in [0.1, 0.15) is 5.75 Å². The maximum absolute atomic E-state index is 5.50. The highest BCUT2D eigenvalue weighted by atomic mass is 79.9. The number of aromatic nitrogens is 4. The van der Waals surface area contributed by atoms with E-state index in [2.05, 4.69) is 31.5 Å². The van der Waals surface area contributed by atoms with Crippen molar-refractivity contribution in [2.75, 3.05) is 13.7 Å². The minimum Gasteiger partial charge on any atom is -0.496 e. The summed E-state index contributed by atoms with van der Waals surface area (Å²) in [6.45, 7) is 1.08. The van der Waals surface area contributed by atoms with Gasteiger partial charge in [-0.15, -0.1) is 5.10 Å². The second kappa shape index (κ2) is 5.24. The van der Waals surface area contributed by atoms with E-state index >= 15 is 0 Å². The Hall–Kier alpha value is -1.47. The molecule has 6 nitrogen and oxygen atoms in total. The van der Waals surface area contributed by atoms with Crippen LogP contribution in [0, 0.1) is 0 Å². The maximum Gasteiger partial charge on any atom is 0.182 e. The van der Waals surface area contributed by atoms with E-state index in [0.717, 1.165) is 15.8 Å². The third-order valence-corrected chi connectivity index (χ3v) is 2.90. The Bertz CT molecular complexity index is 513. The van der Waals surface area contributed by atoms with Crippen LogP contribution in [0.5, 0.6) is 5.75 Å². The van der Waals surface area contributed by atoms with Gasteiger partial charge in [-0.1, -0.05) is 0 Å². The fraction of sp³-hybridized carbons (Fsp3) is 0.300. The van der Waals surface area contributed by atoms with E-state index in [1.165, 1.54) is 0 Å². The number of nitrogens with two attached hydrogens (primary N) is 1. The molecule has 0 atom stereocenters. The minimum absolute atomic E-state index is 0.495. The SMILES string of the molecule is COc1ccc(-c2nnnn2CCN)cc1Br. The van der Waals surface area contributed by atoms with Crippen LogP contribution in [0.3, 0.4) is 0 Å². The zero-order valence-electron chi connectivity index (χ0n) is 9.30. The first-order chi connectivity index (χ1) is 8.26. The fourth-order valence-electron chi connectivity index (χ4n) is 1.49. The summed E-state index contributed by atoms with van der Waals surface area (Å²) in [7, 11) is 1.62. The summed E-state index contributed by atoms with van der Waals surface area (Å²) in [6.07, 6.45) is 0. The summed E-state index contributed by atoms with van der Waals surface area (Å²) in [5.41, 5.74) is 6.41. The largest absolute Gasteiger partial charge is 0.496 e. The molecular weight excluding hydrogens is 286 g/mol. The Kier molecular flexibility index (Phi) is 3.70. The third-order valence-electron chi connectivity index (χ3n) is 2.28. The molecule has 17 heavy (non-hydrogen) atoms. The second-order valence-corrected chi connectivity index (χ2v) is 4.22.